The Morgan fingerprint density at radius 3 is 2.14 bits per heavy atom. The molecular weight excluding hydrogens is 389 g/mol. The summed E-state index contributed by atoms with van der Waals surface area (Å²) in [5.74, 6) is 0.374. The molecular formula is C24H29Cl2NO. The summed E-state index contributed by atoms with van der Waals surface area (Å²) in [7, 11) is 0. The molecule has 0 heterocycles. The number of hydrogen-bond acceptors (Lipinski definition) is 1. The molecule has 1 amide bonds. The minimum atomic E-state index is -0.0420. The number of benzene rings is 2. The van der Waals surface area contributed by atoms with Gasteiger partial charge < -0.3 is 4.90 Å². The number of nitrogens with zero attached hydrogens (tertiary/aromatic N) is 1. The van der Waals surface area contributed by atoms with Gasteiger partial charge in [-0.05, 0) is 53.9 Å². The Hall–Kier alpha value is -1.51. The minimum absolute atomic E-state index is 0.0420. The largest absolute Gasteiger partial charge is 0.331 e. The molecule has 2 aromatic rings. The first-order valence-corrected chi connectivity index (χ1v) is 10.5. The van der Waals surface area contributed by atoms with Gasteiger partial charge in [0.2, 0.25) is 0 Å². The number of rotatable bonds is 5. The average molecular weight is 418 g/mol. The highest BCUT2D eigenvalue weighted by atomic mass is 35.5. The molecule has 2 aromatic carbocycles. The fourth-order valence-electron chi connectivity index (χ4n) is 4.79. The van der Waals surface area contributed by atoms with E-state index in [1.165, 1.54) is 0 Å². The van der Waals surface area contributed by atoms with Crippen LogP contribution in [0.3, 0.4) is 0 Å². The molecule has 1 atom stereocenters. The lowest BCUT2D eigenvalue weighted by Gasteiger charge is -2.32. The summed E-state index contributed by atoms with van der Waals surface area (Å²) in [5, 5.41) is 0.980. The van der Waals surface area contributed by atoms with Crippen LogP contribution in [0, 0.1) is 23.7 Å². The number of halogens is 2. The molecule has 28 heavy (non-hydrogen) atoms. The molecule has 4 heteroatoms. The van der Waals surface area contributed by atoms with E-state index in [0.29, 0.717) is 28.1 Å². The van der Waals surface area contributed by atoms with E-state index in [9.17, 15) is 4.79 Å². The summed E-state index contributed by atoms with van der Waals surface area (Å²) >= 11 is 12.6. The molecule has 0 N–H and O–H groups in total. The first-order chi connectivity index (χ1) is 13.0. The minimum Gasteiger partial charge on any atom is -0.331 e. The van der Waals surface area contributed by atoms with Crippen LogP contribution in [-0.2, 0) is 6.54 Å². The molecule has 0 saturated heterocycles. The SMILES string of the molecule is Cc1cc(C(=O)N(Cc2ccccc2)[C@H](C)C2C(C)(C)C2(C)C)c(Cl)cc1Cl. The quantitative estimate of drug-likeness (QED) is 0.511. The van der Waals surface area contributed by atoms with Crippen molar-refractivity contribution in [2.45, 2.75) is 54.1 Å². The number of amides is 1. The number of hydrogen-bond donors (Lipinski definition) is 0. The van der Waals surface area contributed by atoms with Crippen LogP contribution < -0.4 is 0 Å². The van der Waals surface area contributed by atoms with E-state index in [-0.39, 0.29) is 22.8 Å². The molecule has 0 bridgehead atoms. The van der Waals surface area contributed by atoms with E-state index in [2.05, 4.69) is 46.8 Å². The van der Waals surface area contributed by atoms with Crippen LogP contribution >= 0.6 is 23.2 Å². The van der Waals surface area contributed by atoms with Crippen molar-refractivity contribution in [3.8, 4) is 0 Å². The van der Waals surface area contributed by atoms with Gasteiger partial charge in [-0.2, -0.15) is 0 Å². The van der Waals surface area contributed by atoms with E-state index in [1.807, 2.05) is 30.0 Å². The van der Waals surface area contributed by atoms with Gasteiger partial charge in [0.1, 0.15) is 0 Å². The van der Waals surface area contributed by atoms with E-state index < -0.39 is 0 Å². The average Bonchev–Trinajstić information content (AvgIpc) is 3.04. The van der Waals surface area contributed by atoms with Crippen LogP contribution in [0.4, 0.5) is 0 Å². The zero-order chi connectivity index (χ0) is 20.9. The van der Waals surface area contributed by atoms with Gasteiger partial charge >= 0.3 is 0 Å². The van der Waals surface area contributed by atoms with Gasteiger partial charge in [0.15, 0.2) is 0 Å². The summed E-state index contributed by atoms with van der Waals surface area (Å²) in [5.41, 5.74) is 2.85. The Morgan fingerprint density at radius 2 is 1.61 bits per heavy atom. The molecule has 1 aliphatic carbocycles. The Labute approximate surface area is 178 Å². The van der Waals surface area contributed by atoms with Gasteiger partial charge in [-0.1, -0.05) is 81.2 Å². The van der Waals surface area contributed by atoms with Crippen LogP contribution in [-0.4, -0.2) is 16.8 Å². The maximum absolute atomic E-state index is 13.6. The smallest absolute Gasteiger partial charge is 0.255 e. The van der Waals surface area contributed by atoms with E-state index in [0.717, 1.165) is 11.1 Å². The zero-order valence-corrected chi connectivity index (χ0v) is 19.0. The van der Waals surface area contributed by atoms with Gasteiger partial charge in [-0.3, -0.25) is 4.79 Å². The fourth-order valence-corrected chi connectivity index (χ4v) is 5.25. The molecule has 0 spiro atoms. The number of carbonyl (C=O) groups is 1. The van der Waals surface area contributed by atoms with Crippen molar-refractivity contribution in [1.82, 2.24) is 4.90 Å². The van der Waals surface area contributed by atoms with Crippen LogP contribution in [0.2, 0.25) is 10.0 Å². The predicted molar refractivity (Wildman–Crippen MR) is 118 cm³/mol. The maximum Gasteiger partial charge on any atom is 0.255 e. The van der Waals surface area contributed by atoms with E-state index in [1.54, 1.807) is 12.1 Å². The second-order valence-corrected chi connectivity index (χ2v) is 9.98. The lowest BCUT2D eigenvalue weighted by atomic mass is 10.0. The van der Waals surface area contributed by atoms with Crippen LogP contribution in [0.5, 0.6) is 0 Å². The van der Waals surface area contributed by atoms with Crippen LogP contribution in [0.15, 0.2) is 42.5 Å². The topological polar surface area (TPSA) is 20.3 Å². The first kappa shape index (κ1) is 21.2. The lowest BCUT2D eigenvalue weighted by Crippen LogP contribution is -2.41. The van der Waals surface area contributed by atoms with Gasteiger partial charge in [0.25, 0.3) is 5.91 Å². The van der Waals surface area contributed by atoms with Gasteiger partial charge in [-0.15, -0.1) is 0 Å². The summed E-state index contributed by atoms with van der Waals surface area (Å²) in [6, 6.07) is 13.7. The third kappa shape index (κ3) is 3.57. The van der Waals surface area contributed by atoms with Crippen molar-refractivity contribution in [3.05, 3.63) is 69.2 Å². The second-order valence-electron chi connectivity index (χ2n) is 9.16. The Kier molecular flexibility index (Phi) is 5.59. The van der Waals surface area contributed by atoms with Gasteiger partial charge in [0.05, 0.1) is 10.6 Å². The molecule has 1 aliphatic rings. The van der Waals surface area contributed by atoms with Crippen molar-refractivity contribution in [1.29, 1.82) is 0 Å². The van der Waals surface area contributed by atoms with Crippen molar-refractivity contribution in [3.63, 3.8) is 0 Å². The summed E-state index contributed by atoms with van der Waals surface area (Å²) in [6.07, 6.45) is 0. The standard InChI is InChI=1S/C24H29Cl2NO/c1-15-12-18(20(26)13-19(15)25)22(28)27(14-17-10-8-7-9-11-17)16(2)21-23(3,4)24(21,5)6/h7-13,16,21H,14H2,1-6H3/t16-/m1/s1. The summed E-state index contributed by atoms with van der Waals surface area (Å²) in [6.45, 7) is 13.8. The lowest BCUT2D eigenvalue weighted by molar-refractivity contribution is 0.0634. The Morgan fingerprint density at radius 1 is 1.04 bits per heavy atom. The first-order valence-electron chi connectivity index (χ1n) is 9.79. The fraction of sp³-hybridized carbons (Fsp3) is 0.458. The van der Waals surface area contributed by atoms with Gasteiger partial charge in [-0.25, -0.2) is 0 Å². The third-order valence-corrected chi connectivity index (χ3v) is 7.76. The monoisotopic (exact) mass is 417 g/mol. The number of aryl methyl sites for hydroxylation is 1. The van der Waals surface area contributed by atoms with Crippen molar-refractivity contribution >= 4 is 29.1 Å². The number of carbonyl (C=O) groups excluding carboxylic acids is 1. The molecule has 0 aromatic heterocycles. The van der Waals surface area contributed by atoms with Crippen LogP contribution in [0.1, 0.15) is 56.1 Å². The molecule has 0 unspecified atom stereocenters. The highest BCUT2D eigenvalue weighted by Crippen LogP contribution is 2.70. The molecule has 0 radical (unpaired) electrons. The molecule has 2 nitrogen and oxygen atoms in total. The maximum atomic E-state index is 13.6. The predicted octanol–water partition coefficient (Wildman–Crippen LogP) is 7.01. The van der Waals surface area contributed by atoms with Crippen molar-refractivity contribution in [2.75, 3.05) is 0 Å². The van der Waals surface area contributed by atoms with Crippen LogP contribution in [0.25, 0.3) is 0 Å². The van der Waals surface area contributed by atoms with Gasteiger partial charge in [0, 0.05) is 17.6 Å². The molecule has 1 saturated carbocycles. The molecule has 0 aliphatic heterocycles. The molecule has 1 fully saturated rings. The summed E-state index contributed by atoms with van der Waals surface area (Å²) in [4.78, 5) is 15.6. The Bertz CT molecular complexity index is 875. The summed E-state index contributed by atoms with van der Waals surface area (Å²) < 4.78 is 0. The van der Waals surface area contributed by atoms with E-state index in [4.69, 9.17) is 23.2 Å². The second kappa shape index (κ2) is 7.39. The Balaban J connectivity index is 1.99. The highest BCUT2D eigenvalue weighted by molar-refractivity contribution is 6.37. The normalized spacial score (nSPS) is 18.6. The van der Waals surface area contributed by atoms with Crippen molar-refractivity contribution in [2.24, 2.45) is 16.7 Å². The molecule has 3 rings (SSSR count). The van der Waals surface area contributed by atoms with Crippen molar-refractivity contribution < 1.29 is 4.79 Å². The third-order valence-electron chi connectivity index (χ3n) is 7.04. The molecule has 150 valence electrons. The zero-order valence-electron chi connectivity index (χ0n) is 17.5. The highest BCUT2D eigenvalue weighted by Gasteiger charge is 2.67. The van der Waals surface area contributed by atoms with E-state index >= 15 is 0 Å².